The van der Waals surface area contributed by atoms with Crippen LogP contribution in [0.4, 0.5) is 9.52 Å². The lowest BCUT2D eigenvalue weighted by atomic mass is 10.2. The standard InChI is InChI=1S/C20H20FN3OS2/c1-14-2-5-16(6-3-14)26-13-19(25)23-8-10-24(11-9-23)20-22-17-7-4-15(21)12-18(17)27-20/h2-7,12H,8-11,13H2,1H3. The molecule has 2 heterocycles. The molecule has 0 spiro atoms. The van der Waals surface area contributed by atoms with Gasteiger partial charge < -0.3 is 9.80 Å². The van der Waals surface area contributed by atoms with Crippen molar-refractivity contribution in [3.8, 4) is 0 Å². The van der Waals surface area contributed by atoms with Crippen LogP contribution < -0.4 is 4.90 Å². The molecule has 4 nitrogen and oxygen atoms in total. The quantitative estimate of drug-likeness (QED) is 0.615. The van der Waals surface area contributed by atoms with Gasteiger partial charge in [-0.1, -0.05) is 29.0 Å². The smallest absolute Gasteiger partial charge is 0.233 e. The van der Waals surface area contributed by atoms with Crippen LogP contribution in [0.2, 0.25) is 0 Å². The molecule has 0 radical (unpaired) electrons. The second kappa shape index (κ2) is 7.86. The fourth-order valence-corrected chi connectivity index (χ4v) is 4.88. The van der Waals surface area contributed by atoms with Crippen molar-refractivity contribution >= 4 is 44.4 Å². The number of hydrogen-bond acceptors (Lipinski definition) is 5. The second-order valence-electron chi connectivity index (χ2n) is 6.58. The summed E-state index contributed by atoms with van der Waals surface area (Å²) in [5.74, 6) is 0.398. The van der Waals surface area contributed by atoms with Crippen molar-refractivity contribution in [3.05, 3.63) is 53.8 Å². The zero-order chi connectivity index (χ0) is 18.8. The van der Waals surface area contributed by atoms with Crippen LogP contribution in [0.15, 0.2) is 47.4 Å². The number of carbonyl (C=O) groups is 1. The number of amides is 1. The van der Waals surface area contributed by atoms with E-state index in [1.54, 1.807) is 17.8 Å². The van der Waals surface area contributed by atoms with E-state index in [9.17, 15) is 9.18 Å². The lowest BCUT2D eigenvalue weighted by Gasteiger charge is -2.34. The number of thiazole rings is 1. The average molecular weight is 402 g/mol. The molecule has 1 aliphatic heterocycles. The van der Waals surface area contributed by atoms with Crippen LogP contribution in [0.3, 0.4) is 0 Å². The maximum atomic E-state index is 13.4. The first kappa shape index (κ1) is 18.3. The highest BCUT2D eigenvalue weighted by atomic mass is 32.2. The average Bonchev–Trinajstić information content (AvgIpc) is 3.10. The van der Waals surface area contributed by atoms with Gasteiger partial charge in [0, 0.05) is 31.1 Å². The summed E-state index contributed by atoms with van der Waals surface area (Å²) in [6.07, 6.45) is 0. The van der Waals surface area contributed by atoms with Crippen LogP contribution in [0, 0.1) is 12.7 Å². The minimum absolute atomic E-state index is 0.173. The molecule has 27 heavy (non-hydrogen) atoms. The maximum absolute atomic E-state index is 13.4. The molecule has 1 amide bonds. The predicted octanol–water partition coefficient (Wildman–Crippen LogP) is 4.18. The summed E-state index contributed by atoms with van der Waals surface area (Å²) in [5, 5.41) is 0.900. The number of thioether (sulfide) groups is 1. The molecule has 1 fully saturated rings. The Morgan fingerprint density at radius 1 is 1.15 bits per heavy atom. The summed E-state index contributed by atoms with van der Waals surface area (Å²) in [5.41, 5.74) is 2.05. The summed E-state index contributed by atoms with van der Waals surface area (Å²) in [6.45, 7) is 4.95. The fourth-order valence-electron chi connectivity index (χ4n) is 3.04. The number of fused-ring (bicyclic) bond motifs is 1. The van der Waals surface area contributed by atoms with E-state index >= 15 is 0 Å². The summed E-state index contributed by atoms with van der Waals surface area (Å²) >= 11 is 3.09. The molecule has 140 valence electrons. The van der Waals surface area contributed by atoms with Gasteiger partial charge in [-0.2, -0.15) is 0 Å². The van der Waals surface area contributed by atoms with E-state index in [1.165, 1.54) is 29.0 Å². The van der Waals surface area contributed by atoms with Gasteiger partial charge in [-0.3, -0.25) is 4.79 Å². The van der Waals surface area contributed by atoms with Gasteiger partial charge in [-0.15, -0.1) is 11.8 Å². The van der Waals surface area contributed by atoms with Crippen molar-refractivity contribution in [2.45, 2.75) is 11.8 Å². The third kappa shape index (κ3) is 4.25. The van der Waals surface area contributed by atoms with Gasteiger partial charge in [0.05, 0.1) is 16.0 Å². The Hall–Kier alpha value is -2.12. The minimum Gasteiger partial charge on any atom is -0.345 e. The summed E-state index contributed by atoms with van der Waals surface area (Å²) in [4.78, 5) is 22.3. The van der Waals surface area contributed by atoms with E-state index in [1.807, 2.05) is 4.90 Å². The lowest BCUT2D eigenvalue weighted by molar-refractivity contribution is -0.128. The first-order valence-electron chi connectivity index (χ1n) is 8.87. The number of carbonyl (C=O) groups excluding carboxylic acids is 1. The SMILES string of the molecule is Cc1ccc(SCC(=O)N2CCN(c3nc4ccc(F)cc4s3)CC2)cc1. The number of halogens is 1. The van der Waals surface area contributed by atoms with Gasteiger partial charge in [0.2, 0.25) is 5.91 Å². The number of rotatable bonds is 4. The maximum Gasteiger partial charge on any atom is 0.233 e. The van der Waals surface area contributed by atoms with Crippen molar-refractivity contribution in [1.82, 2.24) is 9.88 Å². The number of anilines is 1. The van der Waals surface area contributed by atoms with Crippen LogP contribution in [-0.2, 0) is 4.79 Å². The molecule has 0 N–H and O–H groups in total. The zero-order valence-electron chi connectivity index (χ0n) is 15.0. The van der Waals surface area contributed by atoms with Crippen LogP contribution >= 0.6 is 23.1 Å². The van der Waals surface area contributed by atoms with Crippen LogP contribution in [0.25, 0.3) is 10.2 Å². The van der Waals surface area contributed by atoms with Gasteiger partial charge in [0.1, 0.15) is 5.82 Å². The Morgan fingerprint density at radius 3 is 2.63 bits per heavy atom. The highest BCUT2D eigenvalue weighted by Crippen LogP contribution is 2.30. The number of nitrogens with zero attached hydrogens (tertiary/aromatic N) is 3. The number of aromatic nitrogens is 1. The minimum atomic E-state index is -0.237. The van der Waals surface area contributed by atoms with Gasteiger partial charge >= 0.3 is 0 Å². The van der Waals surface area contributed by atoms with Crippen LogP contribution in [-0.4, -0.2) is 47.7 Å². The molecule has 0 bridgehead atoms. The lowest BCUT2D eigenvalue weighted by Crippen LogP contribution is -2.49. The molecule has 2 aromatic carbocycles. The van der Waals surface area contributed by atoms with Crippen molar-refractivity contribution in [1.29, 1.82) is 0 Å². The summed E-state index contributed by atoms with van der Waals surface area (Å²) in [7, 11) is 0. The van der Waals surface area contributed by atoms with Crippen LogP contribution in [0.1, 0.15) is 5.56 Å². The Balaban J connectivity index is 1.32. The van der Waals surface area contributed by atoms with E-state index in [0.717, 1.165) is 33.3 Å². The van der Waals surface area contributed by atoms with E-state index in [2.05, 4.69) is 41.1 Å². The summed E-state index contributed by atoms with van der Waals surface area (Å²) in [6, 6.07) is 12.9. The number of hydrogen-bond donors (Lipinski definition) is 0. The van der Waals surface area contributed by atoms with Crippen molar-refractivity contribution in [2.24, 2.45) is 0 Å². The summed E-state index contributed by atoms with van der Waals surface area (Å²) < 4.78 is 14.2. The zero-order valence-corrected chi connectivity index (χ0v) is 16.7. The third-order valence-electron chi connectivity index (χ3n) is 4.63. The molecule has 7 heteroatoms. The van der Waals surface area contributed by atoms with Gasteiger partial charge in [0.25, 0.3) is 0 Å². The molecule has 1 saturated heterocycles. The van der Waals surface area contributed by atoms with Gasteiger partial charge in [-0.25, -0.2) is 9.37 Å². The van der Waals surface area contributed by atoms with E-state index in [-0.39, 0.29) is 11.7 Å². The van der Waals surface area contributed by atoms with Crippen molar-refractivity contribution in [3.63, 3.8) is 0 Å². The highest BCUT2D eigenvalue weighted by molar-refractivity contribution is 8.00. The first-order chi connectivity index (χ1) is 13.1. The van der Waals surface area contributed by atoms with E-state index < -0.39 is 0 Å². The highest BCUT2D eigenvalue weighted by Gasteiger charge is 2.23. The van der Waals surface area contributed by atoms with Crippen LogP contribution in [0.5, 0.6) is 0 Å². The molecule has 1 aliphatic rings. The number of benzene rings is 2. The normalized spacial score (nSPS) is 14.7. The molecule has 0 saturated carbocycles. The number of piperazine rings is 1. The Morgan fingerprint density at radius 2 is 1.89 bits per heavy atom. The Labute approximate surface area is 166 Å². The Kier molecular flexibility index (Phi) is 5.31. The first-order valence-corrected chi connectivity index (χ1v) is 10.7. The van der Waals surface area contributed by atoms with Crippen molar-refractivity contribution in [2.75, 3.05) is 36.8 Å². The fraction of sp³-hybridized carbons (Fsp3) is 0.300. The van der Waals surface area contributed by atoms with Crippen molar-refractivity contribution < 1.29 is 9.18 Å². The number of aryl methyl sites for hydroxylation is 1. The molecule has 0 unspecified atom stereocenters. The second-order valence-corrected chi connectivity index (χ2v) is 8.64. The molecule has 1 aromatic heterocycles. The van der Waals surface area contributed by atoms with Gasteiger partial charge in [-0.05, 0) is 37.3 Å². The molecular weight excluding hydrogens is 381 g/mol. The predicted molar refractivity (Wildman–Crippen MR) is 110 cm³/mol. The molecular formula is C20H20FN3OS2. The molecule has 0 aliphatic carbocycles. The van der Waals surface area contributed by atoms with E-state index in [0.29, 0.717) is 18.8 Å². The molecule has 4 rings (SSSR count). The monoisotopic (exact) mass is 401 g/mol. The van der Waals surface area contributed by atoms with E-state index in [4.69, 9.17) is 0 Å². The topological polar surface area (TPSA) is 36.4 Å². The Bertz CT molecular complexity index is 950. The third-order valence-corrected chi connectivity index (χ3v) is 6.70. The molecule has 0 atom stereocenters. The van der Waals surface area contributed by atoms with Gasteiger partial charge in [0.15, 0.2) is 5.13 Å². The largest absolute Gasteiger partial charge is 0.345 e. The molecule has 3 aromatic rings.